The molecule has 0 saturated carbocycles. The van der Waals surface area contributed by atoms with Crippen LogP contribution in [-0.4, -0.2) is 47.1 Å². The van der Waals surface area contributed by atoms with Crippen LogP contribution in [0.1, 0.15) is 33.1 Å². The molecule has 0 bridgehead atoms. The van der Waals surface area contributed by atoms with Crippen LogP contribution in [0.2, 0.25) is 0 Å². The lowest BCUT2D eigenvalue weighted by molar-refractivity contribution is -0.146. The van der Waals surface area contributed by atoms with Gasteiger partial charge < -0.3 is 10.4 Å². The maximum Gasteiger partial charge on any atom is 0.307 e. The fourth-order valence-electron chi connectivity index (χ4n) is 3.01. The molecular formula is C13H22N2O3. The fourth-order valence-corrected chi connectivity index (χ4v) is 3.01. The topological polar surface area (TPSA) is 69.6 Å². The van der Waals surface area contributed by atoms with Gasteiger partial charge in [-0.3, -0.25) is 14.5 Å². The van der Waals surface area contributed by atoms with Gasteiger partial charge in [0.25, 0.3) is 0 Å². The number of nitrogens with zero attached hydrogens (tertiary/aromatic N) is 1. The van der Waals surface area contributed by atoms with E-state index in [4.69, 9.17) is 5.11 Å². The van der Waals surface area contributed by atoms with Gasteiger partial charge in [0.05, 0.1) is 5.92 Å². The normalized spacial score (nSPS) is 30.8. The van der Waals surface area contributed by atoms with Crippen molar-refractivity contribution in [1.29, 1.82) is 0 Å². The highest BCUT2D eigenvalue weighted by molar-refractivity contribution is 5.84. The Kier molecular flexibility index (Phi) is 3.90. The summed E-state index contributed by atoms with van der Waals surface area (Å²) in [5.74, 6) is -2.14. The molecule has 5 heteroatoms. The van der Waals surface area contributed by atoms with E-state index in [2.05, 4.69) is 10.2 Å². The second-order valence-corrected chi connectivity index (χ2v) is 5.56. The number of carboxylic acid groups (broad SMARTS) is 1. The van der Waals surface area contributed by atoms with Crippen molar-refractivity contribution in [1.82, 2.24) is 10.2 Å². The van der Waals surface area contributed by atoms with Crippen LogP contribution in [0.5, 0.6) is 0 Å². The van der Waals surface area contributed by atoms with Crippen LogP contribution in [0.3, 0.4) is 0 Å². The molecule has 1 amide bonds. The average Bonchev–Trinajstić information content (AvgIpc) is 2.91. The molecule has 0 radical (unpaired) electrons. The largest absolute Gasteiger partial charge is 0.481 e. The second kappa shape index (κ2) is 5.26. The number of carbonyl (C=O) groups excluding carboxylic acids is 1. The predicted molar refractivity (Wildman–Crippen MR) is 67.1 cm³/mol. The van der Waals surface area contributed by atoms with Crippen LogP contribution < -0.4 is 5.32 Å². The van der Waals surface area contributed by atoms with Crippen molar-refractivity contribution in [3.05, 3.63) is 0 Å². The van der Waals surface area contributed by atoms with Crippen molar-refractivity contribution in [3.63, 3.8) is 0 Å². The Bertz CT molecular complexity index is 345. The Morgan fingerprint density at radius 3 is 2.61 bits per heavy atom. The van der Waals surface area contributed by atoms with Gasteiger partial charge in [-0.2, -0.15) is 0 Å². The van der Waals surface area contributed by atoms with E-state index in [9.17, 15) is 9.59 Å². The van der Waals surface area contributed by atoms with Crippen LogP contribution in [-0.2, 0) is 9.59 Å². The fraction of sp³-hybridized carbons (Fsp3) is 0.846. The molecule has 2 aliphatic heterocycles. The standard InChI is InChI=1S/C13H22N2O3/c1-8(9(2)13(17)18)12(16)14-10-5-7-15-6-3-4-11(10)15/h8-11H,3-7H2,1-2H3,(H,14,16)(H,17,18). The van der Waals surface area contributed by atoms with Gasteiger partial charge in [0, 0.05) is 24.5 Å². The highest BCUT2D eigenvalue weighted by atomic mass is 16.4. The van der Waals surface area contributed by atoms with Gasteiger partial charge in [0.1, 0.15) is 0 Å². The molecule has 5 nitrogen and oxygen atoms in total. The summed E-state index contributed by atoms with van der Waals surface area (Å²) in [6, 6.07) is 0.685. The van der Waals surface area contributed by atoms with Crippen molar-refractivity contribution < 1.29 is 14.7 Å². The zero-order valence-corrected chi connectivity index (χ0v) is 11.1. The number of aliphatic carboxylic acids is 1. The van der Waals surface area contributed by atoms with E-state index >= 15 is 0 Å². The third-order valence-corrected chi connectivity index (χ3v) is 4.49. The molecule has 2 aliphatic rings. The van der Waals surface area contributed by atoms with Crippen molar-refractivity contribution in [2.24, 2.45) is 11.8 Å². The van der Waals surface area contributed by atoms with E-state index in [0.717, 1.165) is 25.9 Å². The molecule has 0 aromatic carbocycles. The second-order valence-electron chi connectivity index (χ2n) is 5.56. The van der Waals surface area contributed by atoms with E-state index in [0.29, 0.717) is 6.04 Å². The van der Waals surface area contributed by atoms with Gasteiger partial charge >= 0.3 is 5.97 Å². The number of rotatable bonds is 4. The smallest absolute Gasteiger partial charge is 0.307 e. The lowest BCUT2D eigenvalue weighted by atomic mass is 9.94. The number of hydrogen-bond donors (Lipinski definition) is 2. The lowest BCUT2D eigenvalue weighted by Crippen LogP contribution is -2.46. The van der Waals surface area contributed by atoms with Crippen molar-refractivity contribution in [3.8, 4) is 0 Å². The highest BCUT2D eigenvalue weighted by Gasteiger charge is 2.38. The molecule has 0 aromatic heterocycles. The summed E-state index contributed by atoms with van der Waals surface area (Å²) >= 11 is 0. The molecule has 18 heavy (non-hydrogen) atoms. The first kappa shape index (κ1) is 13.3. The first-order chi connectivity index (χ1) is 8.50. The third-order valence-electron chi connectivity index (χ3n) is 4.49. The third kappa shape index (κ3) is 2.51. The Labute approximate surface area is 108 Å². The first-order valence-electron chi connectivity index (χ1n) is 6.78. The highest BCUT2D eigenvalue weighted by Crippen LogP contribution is 2.28. The van der Waals surface area contributed by atoms with E-state index < -0.39 is 17.8 Å². The molecule has 0 spiro atoms. The minimum Gasteiger partial charge on any atom is -0.481 e. The summed E-state index contributed by atoms with van der Waals surface area (Å²) in [6.45, 7) is 5.47. The first-order valence-corrected chi connectivity index (χ1v) is 6.78. The molecule has 2 fully saturated rings. The molecule has 0 aliphatic carbocycles. The molecular weight excluding hydrogens is 232 g/mol. The Morgan fingerprint density at radius 1 is 1.22 bits per heavy atom. The quantitative estimate of drug-likeness (QED) is 0.774. The van der Waals surface area contributed by atoms with Crippen LogP contribution in [0, 0.1) is 11.8 Å². The maximum absolute atomic E-state index is 12.0. The number of fused-ring (bicyclic) bond motifs is 1. The van der Waals surface area contributed by atoms with Gasteiger partial charge in [-0.1, -0.05) is 13.8 Å². The Hall–Kier alpha value is -1.10. The van der Waals surface area contributed by atoms with E-state index in [1.807, 2.05) is 0 Å². The maximum atomic E-state index is 12.0. The summed E-state index contributed by atoms with van der Waals surface area (Å²) in [6.07, 6.45) is 3.34. The molecule has 2 saturated heterocycles. The minimum absolute atomic E-state index is 0.122. The monoisotopic (exact) mass is 254 g/mol. The number of amides is 1. The van der Waals surface area contributed by atoms with Crippen molar-refractivity contribution in [2.45, 2.75) is 45.2 Å². The molecule has 102 valence electrons. The summed E-state index contributed by atoms with van der Waals surface area (Å²) in [5.41, 5.74) is 0. The van der Waals surface area contributed by atoms with Crippen molar-refractivity contribution in [2.75, 3.05) is 13.1 Å². The Morgan fingerprint density at radius 2 is 1.94 bits per heavy atom. The van der Waals surface area contributed by atoms with Gasteiger partial charge in [0.15, 0.2) is 0 Å². The van der Waals surface area contributed by atoms with Gasteiger partial charge in [-0.25, -0.2) is 0 Å². The minimum atomic E-state index is -0.911. The SMILES string of the molecule is CC(C(=O)O)C(C)C(=O)NC1CCN2CCCC12. The summed E-state index contributed by atoms with van der Waals surface area (Å²) in [4.78, 5) is 25.3. The van der Waals surface area contributed by atoms with E-state index in [1.165, 1.54) is 6.42 Å². The lowest BCUT2D eigenvalue weighted by Gasteiger charge is -2.24. The molecule has 0 aromatic rings. The summed E-state index contributed by atoms with van der Waals surface area (Å²) in [7, 11) is 0. The molecule has 2 heterocycles. The van der Waals surface area contributed by atoms with Gasteiger partial charge in [-0.15, -0.1) is 0 Å². The number of carbonyl (C=O) groups is 2. The van der Waals surface area contributed by atoms with Crippen LogP contribution >= 0.6 is 0 Å². The molecule has 2 N–H and O–H groups in total. The average molecular weight is 254 g/mol. The van der Waals surface area contributed by atoms with Crippen LogP contribution in [0.15, 0.2) is 0 Å². The zero-order valence-electron chi connectivity index (χ0n) is 11.1. The number of nitrogens with one attached hydrogen (secondary N) is 1. The summed E-state index contributed by atoms with van der Waals surface area (Å²) < 4.78 is 0. The zero-order chi connectivity index (χ0) is 13.3. The molecule has 4 atom stereocenters. The van der Waals surface area contributed by atoms with Crippen molar-refractivity contribution >= 4 is 11.9 Å². The van der Waals surface area contributed by atoms with Crippen LogP contribution in [0.4, 0.5) is 0 Å². The Balaban J connectivity index is 1.89. The molecule has 2 rings (SSSR count). The van der Waals surface area contributed by atoms with Gasteiger partial charge in [0.2, 0.25) is 5.91 Å². The van der Waals surface area contributed by atoms with E-state index in [-0.39, 0.29) is 11.9 Å². The van der Waals surface area contributed by atoms with Gasteiger partial charge in [-0.05, 0) is 25.8 Å². The number of carboxylic acids is 1. The molecule has 4 unspecified atom stereocenters. The number of hydrogen-bond acceptors (Lipinski definition) is 3. The van der Waals surface area contributed by atoms with E-state index in [1.54, 1.807) is 13.8 Å². The van der Waals surface area contributed by atoms with Crippen LogP contribution in [0.25, 0.3) is 0 Å². The summed E-state index contributed by atoms with van der Waals surface area (Å²) in [5, 5.41) is 12.0. The predicted octanol–water partition coefficient (Wildman–Crippen LogP) is 0.696.